The smallest absolute Gasteiger partial charge is 0.251 e. The summed E-state index contributed by atoms with van der Waals surface area (Å²) < 4.78 is 13.3. The third kappa shape index (κ3) is 5.07. The first-order valence-corrected chi connectivity index (χ1v) is 9.88. The minimum absolute atomic E-state index is 0.0295. The second-order valence-electron chi connectivity index (χ2n) is 6.17. The Labute approximate surface area is 176 Å². The fraction of sp³-hybridized carbons (Fsp3) is 0.0952. The molecule has 0 bridgehead atoms. The summed E-state index contributed by atoms with van der Waals surface area (Å²) in [6.07, 6.45) is 1.16. The third-order valence-corrected chi connectivity index (χ3v) is 5.35. The van der Waals surface area contributed by atoms with Gasteiger partial charge in [-0.3, -0.25) is 9.59 Å². The predicted octanol–water partition coefficient (Wildman–Crippen LogP) is 5.22. The molecule has 1 unspecified atom stereocenters. The normalized spacial score (nSPS) is 11.6. The van der Waals surface area contributed by atoms with Crippen LogP contribution in [-0.2, 0) is 4.79 Å². The Hall–Kier alpha value is -3.03. The van der Waals surface area contributed by atoms with Crippen LogP contribution in [0, 0.1) is 5.82 Å². The highest BCUT2D eigenvalue weighted by molar-refractivity contribution is 7.10. The number of carbonyl (C=O) groups is 2. The summed E-state index contributed by atoms with van der Waals surface area (Å²) in [4.78, 5) is 28.5. The maximum absolute atomic E-state index is 13.3. The van der Waals surface area contributed by atoms with Gasteiger partial charge in [0.05, 0.1) is 16.8 Å². The number of amides is 2. The first kappa shape index (κ1) is 20.7. The molecule has 3 aromatic rings. The molecule has 0 radical (unpaired) electrons. The molecule has 1 aromatic heterocycles. The van der Waals surface area contributed by atoms with Gasteiger partial charge in [-0.15, -0.1) is 11.3 Å². The second kappa shape index (κ2) is 8.98. The third-order valence-electron chi connectivity index (χ3n) is 4.03. The van der Waals surface area contributed by atoms with Crippen LogP contribution in [-0.4, -0.2) is 16.8 Å². The standard InChI is InChI=1S/C21H17ClFN3O2S/c1-3-19(27)25-15-6-4-5-14(9-15)20(28)24-12(2)21-26-18(11-29-21)13-7-8-17(23)16(22)10-13/h3-12H,1H2,2H3,(H,24,28)(H,25,27). The fourth-order valence-corrected chi connectivity index (χ4v) is 3.56. The largest absolute Gasteiger partial charge is 0.343 e. The molecule has 2 aromatic carbocycles. The molecule has 2 N–H and O–H groups in total. The van der Waals surface area contributed by atoms with Crippen LogP contribution in [0.3, 0.4) is 0 Å². The highest BCUT2D eigenvalue weighted by atomic mass is 35.5. The van der Waals surface area contributed by atoms with Gasteiger partial charge in [0.1, 0.15) is 10.8 Å². The molecular formula is C21H17ClFN3O2S. The molecule has 3 rings (SSSR count). The van der Waals surface area contributed by atoms with Crippen molar-refractivity contribution in [2.45, 2.75) is 13.0 Å². The summed E-state index contributed by atoms with van der Waals surface area (Å²) in [6, 6.07) is 10.7. The van der Waals surface area contributed by atoms with Crippen LogP contribution in [0.1, 0.15) is 28.3 Å². The Balaban J connectivity index is 1.71. The van der Waals surface area contributed by atoms with E-state index in [0.29, 0.717) is 27.5 Å². The van der Waals surface area contributed by atoms with E-state index < -0.39 is 5.82 Å². The molecule has 0 spiro atoms. The molecule has 29 heavy (non-hydrogen) atoms. The molecule has 1 heterocycles. The van der Waals surface area contributed by atoms with Crippen molar-refractivity contribution in [3.05, 3.63) is 81.9 Å². The molecule has 5 nitrogen and oxygen atoms in total. The van der Waals surface area contributed by atoms with Crippen molar-refractivity contribution in [3.8, 4) is 11.3 Å². The van der Waals surface area contributed by atoms with Crippen molar-refractivity contribution in [2.75, 3.05) is 5.32 Å². The Morgan fingerprint density at radius 3 is 2.79 bits per heavy atom. The molecule has 1 atom stereocenters. The zero-order valence-corrected chi connectivity index (χ0v) is 17.0. The van der Waals surface area contributed by atoms with Crippen LogP contribution >= 0.6 is 22.9 Å². The molecular weight excluding hydrogens is 413 g/mol. The first-order valence-electron chi connectivity index (χ1n) is 8.62. The van der Waals surface area contributed by atoms with Gasteiger partial charge in [0.2, 0.25) is 5.91 Å². The fourth-order valence-electron chi connectivity index (χ4n) is 2.55. The van der Waals surface area contributed by atoms with Gasteiger partial charge in [-0.25, -0.2) is 9.37 Å². The molecule has 0 aliphatic heterocycles. The number of thiazole rings is 1. The summed E-state index contributed by atoms with van der Waals surface area (Å²) in [5, 5.41) is 8.05. The topological polar surface area (TPSA) is 71.1 Å². The molecule has 0 saturated carbocycles. The van der Waals surface area contributed by atoms with E-state index in [0.717, 1.165) is 6.08 Å². The number of carbonyl (C=O) groups excluding carboxylic acids is 2. The molecule has 148 valence electrons. The van der Waals surface area contributed by atoms with Crippen molar-refractivity contribution in [1.29, 1.82) is 0 Å². The van der Waals surface area contributed by atoms with Gasteiger partial charge in [0.25, 0.3) is 5.91 Å². The van der Waals surface area contributed by atoms with Crippen LogP contribution in [0.15, 0.2) is 60.5 Å². The zero-order valence-electron chi connectivity index (χ0n) is 15.4. The van der Waals surface area contributed by atoms with Gasteiger partial charge in [0, 0.05) is 22.2 Å². The Bertz CT molecular complexity index is 1080. The molecule has 8 heteroatoms. The van der Waals surface area contributed by atoms with Crippen molar-refractivity contribution in [1.82, 2.24) is 10.3 Å². The van der Waals surface area contributed by atoms with E-state index in [9.17, 15) is 14.0 Å². The maximum atomic E-state index is 13.3. The van der Waals surface area contributed by atoms with E-state index in [2.05, 4.69) is 22.2 Å². The average molecular weight is 430 g/mol. The molecule has 0 aliphatic carbocycles. The number of rotatable bonds is 6. The van der Waals surface area contributed by atoms with Gasteiger partial charge in [-0.2, -0.15) is 0 Å². The van der Waals surface area contributed by atoms with E-state index in [4.69, 9.17) is 11.6 Å². The summed E-state index contributed by atoms with van der Waals surface area (Å²) >= 11 is 7.22. The van der Waals surface area contributed by atoms with E-state index in [1.54, 1.807) is 30.3 Å². The highest BCUT2D eigenvalue weighted by Crippen LogP contribution is 2.28. The predicted molar refractivity (Wildman–Crippen MR) is 114 cm³/mol. The van der Waals surface area contributed by atoms with Crippen molar-refractivity contribution in [3.63, 3.8) is 0 Å². The van der Waals surface area contributed by atoms with E-state index in [-0.39, 0.29) is 22.9 Å². The van der Waals surface area contributed by atoms with E-state index in [1.807, 2.05) is 12.3 Å². The zero-order chi connectivity index (χ0) is 21.0. The van der Waals surface area contributed by atoms with Gasteiger partial charge in [-0.1, -0.05) is 24.2 Å². The quantitative estimate of drug-likeness (QED) is 0.528. The number of hydrogen-bond acceptors (Lipinski definition) is 4. The minimum Gasteiger partial charge on any atom is -0.343 e. The number of aromatic nitrogens is 1. The van der Waals surface area contributed by atoms with Crippen LogP contribution in [0.4, 0.5) is 10.1 Å². The maximum Gasteiger partial charge on any atom is 0.251 e. The molecule has 0 fully saturated rings. The van der Waals surface area contributed by atoms with Crippen LogP contribution in [0.5, 0.6) is 0 Å². The Morgan fingerprint density at radius 2 is 2.07 bits per heavy atom. The summed E-state index contributed by atoms with van der Waals surface area (Å²) in [5.74, 6) is -1.14. The van der Waals surface area contributed by atoms with E-state index >= 15 is 0 Å². The van der Waals surface area contributed by atoms with Crippen molar-refractivity contribution >= 4 is 40.4 Å². The van der Waals surface area contributed by atoms with Crippen LogP contribution in [0.2, 0.25) is 5.02 Å². The Morgan fingerprint density at radius 1 is 1.28 bits per heavy atom. The number of benzene rings is 2. The van der Waals surface area contributed by atoms with Gasteiger partial charge < -0.3 is 10.6 Å². The van der Waals surface area contributed by atoms with E-state index in [1.165, 1.54) is 23.5 Å². The van der Waals surface area contributed by atoms with Crippen molar-refractivity contribution in [2.24, 2.45) is 0 Å². The summed E-state index contributed by atoms with van der Waals surface area (Å²) in [7, 11) is 0. The van der Waals surface area contributed by atoms with Crippen molar-refractivity contribution < 1.29 is 14.0 Å². The average Bonchev–Trinajstić information content (AvgIpc) is 3.20. The highest BCUT2D eigenvalue weighted by Gasteiger charge is 2.16. The lowest BCUT2D eigenvalue weighted by Crippen LogP contribution is -2.26. The summed E-state index contributed by atoms with van der Waals surface area (Å²) in [6.45, 7) is 5.22. The lowest BCUT2D eigenvalue weighted by atomic mass is 10.1. The van der Waals surface area contributed by atoms with Gasteiger partial charge >= 0.3 is 0 Å². The first-order chi connectivity index (χ1) is 13.9. The monoisotopic (exact) mass is 429 g/mol. The second-order valence-corrected chi connectivity index (χ2v) is 7.47. The summed E-state index contributed by atoms with van der Waals surface area (Å²) in [5.41, 5.74) is 2.26. The SMILES string of the molecule is C=CC(=O)Nc1cccc(C(=O)NC(C)c2nc(-c3ccc(F)c(Cl)c3)cs2)c1. The number of hydrogen-bond donors (Lipinski definition) is 2. The number of anilines is 1. The lowest BCUT2D eigenvalue weighted by Gasteiger charge is -2.12. The molecule has 0 aliphatic rings. The number of nitrogens with zero attached hydrogens (tertiary/aromatic N) is 1. The van der Waals surface area contributed by atoms with Gasteiger partial charge in [0.15, 0.2) is 0 Å². The van der Waals surface area contributed by atoms with Crippen LogP contribution < -0.4 is 10.6 Å². The number of nitrogens with one attached hydrogen (secondary N) is 2. The Kier molecular flexibility index (Phi) is 6.41. The van der Waals surface area contributed by atoms with Gasteiger partial charge in [-0.05, 0) is 49.4 Å². The number of halogens is 2. The van der Waals surface area contributed by atoms with Crippen LogP contribution in [0.25, 0.3) is 11.3 Å². The molecule has 2 amide bonds. The molecule has 0 saturated heterocycles. The minimum atomic E-state index is -0.488. The lowest BCUT2D eigenvalue weighted by molar-refractivity contribution is -0.111.